The smallest absolute Gasteiger partial charge is 0.339 e. The van der Waals surface area contributed by atoms with E-state index in [0.717, 1.165) is 22.3 Å². The Labute approximate surface area is 156 Å². The topological polar surface area (TPSA) is 35.5 Å². The van der Waals surface area contributed by atoms with Crippen LogP contribution in [0.3, 0.4) is 0 Å². The molecule has 0 saturated heterocycles. The first-order valence-corrected chi connectivity index (χ1v) is 8.50. The van der Waals surface area contributed by atoms with Crippen LogP contribution in [0.1, 0.15) is 40.2 Å². The highest BCUT2D eigenvalue weighted by atomic mass is 35.5. The summed E-state index contributed by atoms with van der Waals surface area (Å²) >= 11 is 5.99. The van der Waals surface area contributed by atoms with Crippen molar-refractivity contribution in [1.29, 1.82) is 0 Å². The maximum Gasteiger partial charge on any atom is 0.339 e. The van der Waals surface area contributed by atoms with Crippen LogP contribution in [0.5, 0.6) is 0 Å². The highest BCUT2D eigenvalue weighted by Crippen LogP contribution is 2.31. The second-order valence-electron chi connectivity index (χ2n) is 6.76. The van der Waals surface area contributed by atoms with Crippen LogP contribution in [0.2, 0.25) is 5.02 Å². The van der Waals surface area contributed by atoms with Gasteiger partial charge in [-0.1, -0.05) is 42.5 Å². The maximum absolute atomic E-state index is 12.5. The maximum atomic E-state index is 12.5. The molecule has 0 aliphatic rings. The Morgan fingerprint density at radius 1 is 1.20 bits per heavy atom. The quantitative estimate of drug-likeness (QED) is 0.488. The van der Waals surface area contributed by atoms with Gasteiger partial charge in [-0.25, -0.2) is 4.79 Å². The van der Waals surface area contributed by atoms with Gasteiger partial charge in [0.15, 0.2) is 6.10 Å². The van der Waals surface area contributed by atoms with Gasteiger partial charge < -0.3 is 9.47 Å². The highest BCUT2D eigenvalue weighted by molar-refractivity contribution is 6.30. The Bertz CT molecular complexity index is 676. The molecule has 3 nitrogen and oxygen atoms in total. The fraction of sp³-hybridized carbons (Fsp3) is 0.381. The molecule has 0 spiro atoms. The molecule has 0 fully saturated rings. The van der Waals surface area contributed by atoms with Gasteiger partial charge in [0.05, 0.1) is 12.7 Å². The molecule has 0 amide bonds. The molecular formula is C21H27ClO3. The first kappa shape index (κ1) is 21.2. The molecule has 0 aliphatic heterocycles. The van der Waals surface area contributed by atoms with Crippen molar-refractivity contribution in [2.75, 3.05) is 7.11 Å². The van der Waals surface area contributed by atoms with Crippen LogP contribution in [-0.4, -0.2) is 24.8 Å². The zero-order valence-electron chi connectivity index (χ0n) is 15.9. The molecule has 136 valence electrons. The molecule has 0 radical (unpaired) electrons. The van der Waals surface area contributed by atoms with Crippen LogP contribution in [-0.2, 0) is 14.3 Å². The summed E-state index contributed by atoms with van der Waals surface area (Å²) in [4.78, 5) is 12.5. The fourth-order valence-electron chi connectivity index (χ4n) is 2.51. The third kappa shape index (κ3) is 6.18. The lowest BCUT2D eigenvalue weighted by Crippen LogP contribution is -2.36. The summed E-state index contributed by atoms with van der Waals surface area (Å²) in [5.74, 6) is -0.435. The van der Waals surface area contributed by atoms with Gasteiger partial charge in [-0.05, 0) is 69.0 Å². The van der Waals surface area contributed by atoms with Crippen molar-refractivity contribution < 1.29 is 14.3 Å². The van der Waals surface area contributed by atoms with Crippen molar-refractivity contribution in [2.24, 2.45) is 0 Å². The van der Waals surface area contributed by atoms with E-state index in [1.54, 1.807) is 6.08 Å². The molecule has 1 aromatic rings. The number of ether oxygens (including phenoxy) is 2. The summed E-state index contributed by atoms with van der Waals surface area (Å²) in [6.45, 7) is 13.4. The summed E-state index contributed by atoms with van der Waals surface area (Å²) in [6.07, 6.45) is 2.71. The number of carbonyl (C=O) groups is 1. The van der Waals surface area contributed by atoms with Crippen LogP contribution in [0.4, 0.5) is 0 Å². The molecule has 0 saturated carbocycles. The van der Waals surface area contributed by atoms with E-state index >= 15 is 0 Å². The van der Waals surface area contributed by atoms with E-state index in [0.29, 0.717) is 5.02 Å². The summed E-state index contributed by atoms with van der Waals surface area (Å²) in [5, 5.41) is 0.659. The van der Waals surface area contributed by atoms with Crippen LogP contribution in [0.15, 0.2) is 54.1 Å². The minimum Gasteiger partial charge on any atom is -0.467 e. The first-order valence-electron chi connectivity index (χ1n) is 8.12. The molecular weight excluding hydrogens is 336 g/mol. The van der Waals surface area contributed by atoms with Gasteiger partial charge in [-0.2, -0.15) is 0 Å². The first-order chi connectivity index (χ1) is 11.6. The van der Waals surface area contributed by atoms with Crippen molar-refractivity contribution in [2.45, 2.75) is 46.3 Å². The number of rotatable bonds is 6. The van der Waals surface area contributed by atoms with Crippen molar-refractivity contribution in [1.82, 2.24) is 0 Å². The van der Waals surface area contributed by atoms with E-state index in [1.807, 2.05) is 65.0 Å². The minimum atomic E-state index is -0.836. The van der Waals surface area contributed by atoms with E-state index in [9.17, 15) is 4.79 Å². The molecule has 0 heterocycles. The molecule has 1 rings (SSSR count). The predicted octanol–water partition coefficient (Wildman–Crippen LogP) is 5.60. The molecule has 0 aliphatic carbocycles. The minimum absolute atomic E-state index is 0.435. The highest BCUT2D eigenvalue weighted by Gasteiger charge is 2.31. The Hall–Kier alpha value is -1.84. The van der Waals surface area contributed by atoms with Crippen molar-refractivity contribution >= 4 is 23.1 Å². The van der Waals surface area contributed by atoms with Gasteiger partial charge in [-0.15, -0.1) is 0 Å². The van der Waals surface area contributed by atoms with Crippen LogP contribution in [0, 0.1) is 0 Å². The van der Waals surface area contributed by atoms with Crippen LogP contribution >= 0.6 is 11.6 Å². The van der Waals surface area contributed by atoms with E-state index in [2.05, 4.69) is 6.58 Å². The Balaban J connectivity index is 3.60. The zero-order chi connectivity index (χ0) is 19.2. The molecule has 0 aromatic heterocycles. The van der Waals surface area contributed by atoms with Gasteiger partial charge in [0.2, 0.25) is 0 Å². The van der Waals surface area contributed by atoms with Gasteiger partial charge in [0.25, 0.3) is 0 Å². The summed E-state index contributed by atoms with van der Waals surface area (Å²) in [6, 6.07) is 7.49. The van der Waals surface area contributed by atoms with Crippen LogP contribution in [0.25, 0.3) is 5.57 Å². The third-order valence-corrected chi connectivity index (χ3v) is 3.87. The standard InChI is InChI=1S/C21H27ClO3/c1-8-9-14(2)18(15(3)16-10-12-17(22)13-11-16)19(20(23)24-7)25-21(4,5)6/h8-13,19H,1H2,2-7H3. The summed E-state index contributed by atoms with van der Waals surface area (Å²) < 4.78 is 11.1. The summed E-state index contributed by atoms with van der Waals surface area (Å²) in [7, 11) is 1.36. The molecule has 4 heteroatoms. The number of benzene rings is 1. The Morgan fingerprint density at radius 3 is 2.20 bits per heavy atom. The molecule has 25 heavy (non-hydrogen) atoms. The molecule has 0 bridgehead atoms. The second kappa shape index (κ2) is 9.02. The number of hydrogen-bond donors (Lipinski definition) is 0. The summed E-state index contributed by atoms with van der Waals surface area (Å²) in [5.41, 5.74) is 3.03. The van der Waals surface area contributed by atoms with E-state index in [1.165, 1.54) is 7.11 Å². The van der Waals surface area contributed by atoms with E-state index < -0.39 is 17.7 Å². The number of esters is 1. The Kier molecular flexibility index (Phi) is 7.65. The predicted molar refractivity (Wildman–Crippen MR) is 105 cm³/mol. The lowest BCUT2D eigenvalue weighted by Gasteiger charge is -2.29. The molecule has 0 N–H and O–H groups in total. The third-order valence-electron chi connectivity index (χ3n) is 3.62. The van der Waals surface area contributed by atoms with Gasteiger partial charge >= 0.3 is 5.97 Å². The van der Waals surface area contributed by atoms with E-state index in [4.69, 9.17) is 21.1 Å². The average molecular weight is 363 g/mol. The van der Waals surface area contributed by atoms with Crippen molar-refractivity contribution in [3.63, 3.8) is 0 Å². The average Bonchev–Trinajstić information content (AvgIpc) is 2.53. The number of hydrogen-bond acceptors (Lipinski definition) is 3. The number of allylic oxidation sites excluding steroid dienone is 3. The number of halogens is 1. The van der Waals surface area contributed by atoms with E-state index in [-0.39, 0.29) is 0 Å². The normalized spacial score (nSPS) is 14.6. The monoisotopic (exact) mass is 362 g/mol. The SMILES string of the molecule is C=CC=C(C)C(=C(C)c1ccc(Cl)cc1)C(OC(C)(C)C)C(=O)OC. The van der Waals surface area contributed by atoms with Gasteiger partial charge in [0, 0.05) is 5.02 Å². The molecule has 1 unspecified atom stereocenters. The second-order valence-corrected chi connectivity index (χ2v) is 7.20. The zero-order valence-corrected chi connectivity index (χ0v) is 16.6. The van der Waals surface area contributed by atoms with Crippen molar-refractivity contribution in [3.8, 4) is 0 Å². The Morgan fingerprint density at radius 2 is 1.76 bits per heavy atom. The molecule has 1 atom stereocenters. The largest absolute Gasteiger partial charge is 0.467 e. The molecule has 1 aromatic carbocycles. The number of methoxy groups -OCH3 is 1. The lowest BCUT2D eigenvalue weighted by atomic mass is 9.91. The van der Waals surface area contributed by atoms with Crippen LogP contribution < -0.4 is 0 Å². The van der Waals surface area contributed by atoms with Gasteiger partial charge in [-0.3, -0.25) is 0 Å². The van der Waals surface area contributed by atoms with Crippen molar-refractivity contribution in [3.05, 3.63) is 64.7 Å². The lowest BCUT2D eigenvalue weighted by molar-refractivity contribution is -0.159. The number of carbonyl (C=O) groups excluding carboxylic acids is 1. The van der Waals surface area contributed by atoms with Gasteiger partial charge in [0.1, 0.15) is 0 Å². The fourth-order valence-corrected chi connectivity index (χ4v) is 2.63.